The van der Waals surface area contributed by atoms with Crippen LogP contribution in [0.2, 0.25) is 0 Å². The first-order valence-corrected chi connectivity index (χ1v) is 4.62. The molecular formula is C11H17NO. The van der Waals surface area contributed by atoms with Gasteiger partial charge in [-0.05, 0) is 18.9 Å². The van der Waals surface area contributed by atoms with Gasteiger partial charge in [0.2, 0.25) is 0 Å². The second kappa shape index (κ2) is 3.90. The van der Waals surface area contributed by atoms with Gasteiger partial charge in [0.05, 0.1) is 0 Å². The SMILES string of the molecule is CCC(O)(CN)c1cccc(C)c1. The van der Waals surface area contributed by atoms with Crippen LogP contribution in [0.15, 0.2) is 24.3 Å². The van der Waals surface area contributed by atoms with E-state index in [0.29, 0.717) is 6.42 Å². The largest absolute Gasteiger partial charge is 0.384 e. The Balaban J connectivity index is 3.05. The summed E-state index contributed by atoms with van der Waals surface area (Å²) < 4.78 is 0. The van der Waals surface area contributed by atoms with Gasteiger partial charge >= 0.3 is 0 Å². The normalized spacial score (nSPS) is 15.4. The van der Waals surface area contributed by atoms with Crippen LogP contribution in [0, 0.1) is 6.92 Å². The average molecular weight is 179 g/mol. The van der Waals surface area contributed by atoms with Crippen LogP contribution in [0.25, 0.3) is 0 Å². The Bertz CT molecular complexity index is 279. The van der Waals surface area contributed by atoms with Crippen molar-refractivity contribution >= 4 is 0 Å². The minimum Gasteiger partial charge on any atom is -0.384 e. The molecular weight excluding hydrogens is 162 g/mol. The molecule has 0 aliphatic carbocycles. The number of rotatable bonds is 3. The van der Waals surface area contributed by atoms with Crippen molar-refractivity contribution in [1.29, 1.82) is 0 Å². The third-order valence-electron chi connectivity index (χ3n) is 2.48. The van der Waals surface area contributed by atoms with E-state index in [0.717, 1.165) is 11.1 Å². The number of hydrogen-bond acceptors (Lipinski definition) is 2. The molecule has 0 bridgehead atoms. The maximum Gasteiger partial charge on any atom is 0.102 e. The van der Waals surface area contributed by atoms with Gasteiger partial charge in [0, 0.05) is 6.54 Å². The van der Waals surface area contributed by atoms with Gasteiger partial charge in [0.25, 0.3) is 0 Å². The molecule has 0 radical (unpaired) electrons. The highest BCUT2D eigenvalue weighted by atomic mass is 16.3. The zero-order valence-corrected chi connectivity index (χ0v) is 8.25. The van der Waals surface area contributed by atoms with Gasteiger partial charge in [0.15, 0.2) is 0 Å². The van der Waals surface area contributed by atoms with Gasteiger partial charge in [-0.2, -0.15) is 0 Å². The molecule has 3 N–H and O–H groups in total. The zero-order valence-electron chi connectivity index (χ0n) is 8.25. The lowest BCUT2D eigenvalue weighted by molar-refractivity contribution is 0.0418. The van der Waals surface area contributed by atoms with Crippen molar-refractivity contribution in [3.05, 3.63) is 35.4 Å². The summed E-state index contributed by atoms with van der Waals surface area (Å²) in [5, 5.41) is 10.1. The van der Waals surface area contributed by atoms with E-state index >= 15 is 0 Å². The molecule has 13 heavy (non-hydrogen) atoms. The summed E-state index contributed by atoms with van der Waals surface area (Å²) in [6, 6.07) is 7.86. The van der Waals surface area contributed by atoms with Crippen molar-refractivity contribution in [2.24, 2.45) is 5.73 Å². The summed E-state index contributed by atoms with van der Waals surface area (Å²) in [6.07, 6.45) is 0.646. The lowest BCUT2D eigenvalue weighted by Crippen LogP contribution is -2.34. The van der Waals surface area contributed by atoms with Gasteiger partial charge in [-0.1, -0.05) is 36.8 Å². The Labute approximate surface area is 79.4 Å². The van der Waals surface area contributed by atoms with Crippen LogP contribution in [-0.4, -0.2) is 11.7 Å². The average Bonchev–Trinajstić information content (AvgIpc) is 2.17. The van der Waals surface area contributed by atoms with Crippen molar-refractivity contribution in [2.75, 3.05) is 6.54 Å². The molecule has 0 saturated heterocycles. The minimum atomic E-state index is -0.855. The molecule has 0 aliphatic rings. The molecule has 0 amide bonds. The topological polar surface area (TPSA) is 46.2 Å². The van der Waals surface area contributed by atoms with Crippen LogP contribution < -0.4 is 5.73 Å². The molecule has 1 atom stereocenters. The molecule has 1 aromatic carbocycles. The van der Waals surface area contributed by atoms with Crippen LogP contribution in [0.1, 0.15) is 24.5 Å². The monoisotopic (exact) mass is 179 g/mol. The van der Waals surface area contributed by atoms with E-state index in [1.54, 1.807) is 0 Å². The van der Waals surface area contributed by atoms with E-state index in [9.17, 15) is 5.11 Å². The Morgan fingerprint density at radius 2 is 2.15 bits per heavy atom. The van der Waals surface area contributed by atoms with Crippen LogP contribution in [0.3, 0.4) is 0 Å². The highest BCUT2D eigenvalue weighted by molar-refractivity contribution is 5.27. The molecule has 72 valence electrons. The second-order valence-electron chi connectivity index (χ2n) is 3.46. The summed E-state index contributed by atoms with van der Waals surface area (Å²) in [7, 11) is 0. The van der Waals surface area contributed by atoms with Gasteiger partial charge in [-0.25, -0.2) is 0 Å². The fourth-order valence-corrected chi connectivity index (χ4v) is 1.40. The van der Waals surface area contributed by atoms with Gasteiger partial charge in [-0.3, -0.25) is 0 Å². The first-order chi connectivity index (χ1) is 6.12. The molecule has 1 unspecified atom stereocenters. The van der Waals surface area contributed by atoms with Crippen LogP contribution in [0.4, 0.5) is 0 Å². The molecule has 0 aromatic heterocycles. The van der Waals surface area contributed by atoms with E-state index in [4.69, 9.17) is 5.73 Å². The number of aryl methyl sites for hydroxylation is 1. The van der Waals surface area contributed by atoms with Gasteiger partial charge in [0.1, 0.15) is 5.60 Å². The Morgan fingerprint density at radius 3 is 2.62 bits per heavy atom. The molecule has 1 rings (SSSR count). The zero-order chi connectivity index (χ0) is 9.90. The molecule has 0 fully saturated rings. The molecule has 0 heterocycles. The summed E-state index contributed by atoms with van der Waals surface area (Å²) in [4.78, 5) is 0. The van der Waals surface area contributed by atoms with Crippen LogP contribution in [-0.2, 0) is 5.60 Å². The number of benzene rings is 1. The van der Waals surface area contributed by atoms with Gasteiger partial charge < -0.3 is 10.8 Å². The molecule has 0 spiro atoms. The number of nitrogens with two attached hydrogens (primary N) is 1. The quantitative estimate of drug-likeness (QED) is 0.739. The summed E-state index contributed by atoms with van der Waals surface area (Å²) in [6.45, 7) is 4.22. The third kappa shape index (κ3) is 2.08. The minimum absolute atomic E-state index is 0.271. The highest BCUT2D eigenvalue weighted by Gasteiger charge is 2.24. The lowest BCUT2D eigenvalue weighted by atomic mass is 9.90. The Kier molecular flexibility index (Phi) is 3.07. The van der Waals surface area contributed by atoms with E-state index in [2.05, 4.69) is 0 Å². The lowest BCUT2D eigenvalue weighted by Gasteiger charge is -2.25. The van der Waals surface area contributed by atoms with Crippen molar-refractivity contribution in [3.8, 4) is 0 Å². The van der Waals surface area contributed by atoms with Crippen molar-refractivity contribution in [3.63, 3.8) is 0 Å². The van der Waals surface area contributed by atoms with E-state index < -0.39 is 5.60 Å². The smallest absolute Gasteiger partial charge is 0.102 e. The van der Waals surface area contributed by atoms with E-state index in [-0.39, 0.29) is 6.54 Å². The first kappa shape index (κ1) is 10.2. The van der Waals surface area contributed by atoms with Crippen molar-refractivity contribution in [2.45, 2.75) is 25.9 Å². The molecule has 1 aromatic rings. The van der Waals surface area contributed by atoms with E-state index in [1.807, 2.05) is 38.1 Å². The number of aliphatic hydroxyl groups is 1. The Morgan fingerprint density at radius 1 is 1.46 bits per heavy atom. The second-order valence-corrected chi connectivity index (χ2v) is 3.46. The predicted octanol–water partition coefficient (Wildman–Crippen LogP) is 1.55. The van der Waals surface area contributed by atoms with E-state index in [1.165, 1.54) is 0 Å². The highest BCUT2D eigenvalue weighted by Crippen LogP contribution is 2.23. The summed E-state index contributed by atoms with van der Waals surface area (Å²) >= 11 is 0. The number of hydrogen-bond donors (Lipinski definition) is 2. The summed E-state index contributed by atoms with van der Waals surface area (Å²) in [5.41, 5.74) is 6.76. The van der Waals surface area contributed by atoms with Crippen molar-refractivity contribution < 1.29 is 5.11 Å². The molecule has 2 nitrogen and oxygen atoms in total. The predicted molar refractivity (Wildman–Crippen MR) is 54.4 cm³/mol. The fraction of sp³-hybridized carbons (Fsp3) is 0.455. The molecule has 0 saturated carbocycles. The van der Waals surface area contributed by atoms with Crippen molar-refractivity contribution in [1.82, 2.24) is 0 Å². The fourth-order valence-electron chi connectivity index (χ4n) is 1.40. The maximum atomic E-state index is 10.1. The van der Waals surface area contributed by atoms with Gasteiger partial charge in [-0.15, -0.1) is 0 Å². The van der Waals surface area contributed by atoms with Crippen LogP contribution in [0.5, 0.6) is 0 Å². The Hall–Kier alpha value is -0.860. The van der Waals surface area contributed by atoms with Crippen LogP contribution >= 0.6 is 0 Å². The third-order valence-corrected chi connectivity index (χ3v) is 2.48. The maximum absolute atomic E-state index is 10.1. The first-order valence-electron chi connectivity index (χ1n) is 4.62. The standard InChI is InChI=1S/C11H17NO/c1-3-11(13,8-12)10-6-4-5-9(2)7-10/h4-7,13H,3,8,12H2,1-2H3. The summed E-state index contributed by atoms with van der Waals surface area (Å²) in [5.74, 6) is 0. The molecule has 2 heteroatoms. The molecule has 0 aliphatic heterocycles.